The number of aromatic nitrogens is 1. The highest BCUT2D eigenvalue weighted by molar-refractivity contribution is 7.12. The maximum absolute atomic E-state index is 12.7. The molecule has 3 nitrogen and oxygen atoms in total. The summed E-state index contributed by atoms with van der Waals surface area (Å²) in [4.78, 5) is 26.8. The molecule has 0 atom stereocenters. The van der Waals surface area contributed by atoms with Crippen LogP contribution in [-0.4, -0.2) is 16.3 Å². The molecule has 0 unspecified atom stereocenters. The normalized spacial score (nSPS) is 11.0. The molecule has 112 valence electrons. The van der Waals surface area contributed by atoms with E-state index in [9.17, 15) is 9.59 Å². The van der Waals surface area contributed by atoms with Gasteiger partial charge in [-0.05, 0) is 29.0 Å². The van der Waals surface area contributed by atoms with Gasteiger partial charge in [-0.25, -0.2) is 0 Å². The molecule has 0 saturated heterocycles. The van der Waals surface area contributed by atoms with E-state index in [0.717, 1.165) is 10.9 Å². The third-order valence-corrected chi connectivity index (χ3v) is 5.38. The number of hydrogen-bond acceptors (Lipinski definition) is 4. The van der Waals surface area contributed by atoms with Crippen molar-refractivity contribution in [1.29, 1.82) is 0 Å². The maximum atomic E-state index is 12.7. The van der Waals surface area contributed by atoms with Crippen LogP contribution in [-0.2, 0) is 0 Å². The van der Waals surface area contributed by atoms with Crippen molar-refractivity contribution >= 4 is 45.3 Å². The number of rotatable bonds is 3. The van der Waals surface area contributed by atoms with E-state index in [1.807, 2.05) is 47.2 Å². The Hall–Kier alpha value is -2.50. The Morgan fingerprint density at radius 3 is 2.22 bits per heavy atom. The summed E-state index contributed by atoms with van der Waals surface area (Å²) in [6, 6.07) is 14.8. The van der Waals surface area contributed by atoms with Gasteiger partial charge < -0.3 is 0 Å². The maximum Gasteiger partial charge on any atom is 0.272 e. The fourth-order valence-corrected chi connectivity index (χ4v) is 3.93. The van der Waals surface area contributed by atoms with E-state index < -0.39 is 0 Å². The lowest BCUT2D eigenvalue weighted by molar-refractivity contribution is 0.0969. The number of fused-ring (bicyclic) bond motifs is 1. The summed E-state index contributed by atoms with van der Waals surface area (Å²) in [7, 11) is 0. The summed E-state index contributed by atoms with van der Waals surface area (Å²) >= 11 is 2.80. The number of nitrogens with zero attached hydrogens (tertiary/aromatic N) is 1. The Morgan fingerprint density at radius 1 is 0.826 bits per heavy atom. The lowest BCUT2D eigenvalue weighted by Crippen LogP contribution is -2.09. The highest BCUT2D eigenvalue weighted by Gasteiger charge is 2.20. The van der Waals surface area contributed by atoms with Gasteiger partial charge >= 0.3 is 0 Å². The van der Waals surface area contributed by atoms with Crippen LogP contribution >= 0.6 is 22.7 Å². The summed E-state index contributed by atoms with van der Waals surface area (Å²) in [5, 5.41) is 4.55. The number of ketones is 1. The molecule has 0 aliphatic rings. The summed E-state index contributed by atoms with van der Waals surface area (Å²) in [5.41, 5.74) is 1.32. The molecule has 3 heterocycles. The van der Waals surface area contributed by atoms with Crippen LogP contribution < -0.4 is 0 Å². The Kier molecular flexibility index (Phi) is 3.44. The van der Waals surface area contributed by atoms with Crippen LogP contribution in [0.4, 0.5) is 0 Å². The van der Waals surface area contributed by atoms with Gasteiger partial charge in [0, 0.05) is 17.1 Å². The zero-order chi connectivity index (χ0) is 15.8. The predicted molar refractivity (Wildman–Crippen MR) is 93.7 cm³/mol. The van der Waals surface area contributed by atoms with Crippen molar-refractivity contribution in [1.82, 2.24) is 4.57 Å². The molecule has 3 aromatic heterocycles. The zero-order valence-electron chi connectivity index (χ0n) is 11.9. The number of para-hydroxylation sites is 1. The van der Waals surface area contributed by atoms with Gasteiger partial charge in [0.05, 0.1) is 15.3 Å². The van der Waals surface area contributed by atoms with E-state index in [4.69, 9.17) is 0 Å². The SMILES string of the molecule is O=C(c1cccs1)c1cn(C(=O)c2cccs2)c2ccccc12. The lowest BCUT2D eigenvalue weighted by atomic mass is 10.1. The van der Waals surface area contributed by atoms with E-state index in [1.165, 1.54) is 22.7 Å². The number of hydrogen-bond donors (Lipinski definition) is 0. The van der Waals surface area contributed by atoms with Crippen LogP contribution in [0.5, 0.6) is 0 Å². The van der Waals surface area contributed by atoms with E-state index in [0.29, 0.717) is 15.3 Å². The third-order valence-electron chi connectivity index (χ3n) is 3.65. The Balaban J connectivity index is 1.90. The Bertz CT molecular complexity index is 915. The van der Waals surface area contributed by atoms with Crippen molar-refractivity contribution in [3.8, 4) is 0 Å². The van der Waals surface area contributed by atoms with Gasteiger partial charge in [0.15, 0.2) is 0 Å². The molecule has 23 heavy (non-hydrogen) atoms. The highest BCUT2D eigenvalue weighted by atomic mass is 32.1. The van der Waals surface area contributed by atoms with Gasteiger partial charge in [0.2, 0.25) is 5.78 Å². The second-order valence-corrected chi connectivity index (χ2v) is 6.91. The van der Waals surface area contributed by atoms with Gasteiger partial charge in [0.1, 0.15) is 0 Å². The number of carbonyl (C=O) groups is 2. The van der Waals surface area contributed by atoms with E-state index in [1.54, 1.807) is 22.9 Å². The summed E-state index contributed by atoms with van der Waals surface area (Å²) in [6.07, 6.45) is 1.66. The van der Waals surface area contributed by atoms with E-state index >= 15 is 0 Å². The van der Waals surface area contributed by atoms with E-state index in [2.05, 4.69) is 0 Å². The molecule has 0 aliphatic heterocycles. The predicted octanol–water partition coefficient (Wildman–Crippen LogP) is 4.68. The fourth-order valence-electron chi connectivity index (χ4n) is 2.59. The summed E-state index contributed by atoms with van der Waals surface area (Å²) in [5.74, 6) is -0.157. The largest absolute Gasteiger partial charge is 0.288 e. The second kappa shape index (κ2) is 5.61. The smallest absolute Gasteiger partial charge is 0.272 e. The molecule has 4 aromatic rings. The highest BCUT2D eigenvalue weighted by Crippen LogP contribution is 2.26. The average Bonchev–Trinajstić information content (AvgIpc) is 3.33. The molecule has 0 amide bonds. The van der Waals surface area contributed by atoms with Crippen molar-refractivity contribution in [2.45, 2.75) is 0 Å². The lowest BCUT2D eigenvalue weighted by Gasteiger charge is -2.00. The molecule has 0 radical (unpaired) electrons. The van der Waals surface area contributed by atoms with Crippen molar-refractivity contribution in [3.05, 3.63) is 80.8 Å². The Labute approximate surface area is 140 Å². The van der Waals surface area contributed by atoms with Crippen molar-refractivity contribution in [2.24, 2.45) is 0 Å². The van der Waals surface area contributed by atoms with Crippen LogP contribution in [0.2, 0.25) is 0 Å². The number of thiophene rings is 2. The third kappa shape index (κ3) is 2.34. The van der Waals surface area contributed by atoms with Crippen molar-refractivity contribution in [2.75, 3.05) is 0 Å². The minimum absolute atomic E-state index is 0.0473. The monoisotopic (exact) mass is 337 g/mol. The first-order valence-electron chi connectivity index (χ1n) is 7.02. The van der Waals surface area contributed by atoms with Crippen LogP contribution in [0.3, 0.4) is 0 Å². The van der Waals surface area contributed by atoms with Crippen LogP contribution in [0, 0.1) is 0 Å². The number of benzene rings is 1. The summed E-state index contributed by atoms with van der Waals surface area (Å²) in [6.45, 7) is 0. The molecule has 1 aromatic carbocycles. The van der Waals surface area contributed by atoms with Crippen LogP contribution in [0.1, 0.15) is 24.9 Å². The molecule has 0 fully saturated rings. The first-order chi connectivity index (χ1) is 11.3. The molecular formula is C18H11NO2S2. The molecule has 5 heteroatoms. The Morgan fingerprint density at radius 2 is 1.52 bits per heavy atom. The van der Waals surface area contributed by atoms with Gasteiger partial charge in [-0.2, -0.15) is 0 Å². The van der Waals surface area contributed by atoms with Gasteiger partial charge in [-0.1, -0.05) is 30.3 Å². The molecule has 0 N–H and O–H groups in total. The van der Waals surface area contributed by atoms with Crippen LogP contribution in [0.25, 0.3) is 10.9 Å². The number of carbonyl (C=O) groups excluding carboxylic acids is 2. The topological polar surface area (TPSA) is 39.1 Å². The van der Waals surface area contributed by atoms with Crippen LogP contribution in [0.15, 0.2) is 65.5 Å². The zero-order valence-corrected chi connectivity index (χ0v) is 13.6. The molecule has 0 aliphatic carbocycles. The molecule has 4 rings (SSSR count). The molecule has 0 spiro atoms. The second-order valence-electron chi connectivity index (χ2n) is 5.02. The van der Waals surface area contributed by atoms with Gasteiger partial charge in [-0.3, -0.25) is 14.2 Å². The minimum atomic E-state index is -0.110. The molecular weight excluding hydrogens is 326 g/mol. The van der Waals surface area contributed by atoms with Crippen molar-refractivity contribution in [3.63, 3.8) is 0 Å². The minimum Gasteiger partial charge on any atom is -0.288 e. The van der Waals surface area contributed by atoms with Crippen molar-refractivity contribution < 1.29 is 9.59 Å². The standard InChI is InChI=1S/C18H11NO2S2/c20-17(15-7-3-9-22-15)13-11-19(14-6-2-1-5-12(13)14)18(21)16-8-4-10-23-16/h1-11H. The molecule has 0 bridgehead atoms. The van der Waals surface area contributed by atoms with Gasteiger partial charge in [0.25, 0.3) is 5.91 Å². The first kappa shape index (κ1) is 14.1. The molecule has 0 saturated carbocycles. The first-order valence-corrected chi connectivity index (χ1v) is 8.78. The van der Waals surface area contributed by atoms with E-state index in [-0.39, 0.29) is 11.7 Å². The average molecular weight is 337 g/mol. The summed E-state index contributed by atoms with van der Waals surface area (Å²) < 4.78 is 1.57. The quantitative estimate of drug-likeness (QED) is 0.509. The van der Waals surface area contributed by atoms with Gasteiger partial charge in [-0.15, -0.1) is 22.7 Å². The fraction of sp³-hybridized carbons (Fsp3) is 0.